The lowest BCUT2D eigenvalue weighted by Gasteiger charge is -2.33. The van der Waals surface area contributed by atoms with E-state index >= 15 is 0 Å². The molecule has 1 aliphatic carbocycles. The van der Waals surface area contributed by atoms with Crippen LogP contribution >= 0.6 is 0 Å². The van der Waals surface area contributed by atoms with Gasteiger partial charge in [0.1, 0.15) is 0 Å². The molecule has 78 valence electrons. The molecule has 0 heterocycles. The molecule has 13 heavy (non-hydrogen) atoms. The first-order valence-electron chi connectivity index (χ1n) is 5.87. The third kappa shape index (κ3) is 3.30. The van der Waals surface area contributed by atoms with Crippen molar-refractivity contribution in [3.05, 3.63) is 0 Å². The van der Waals surface area contributed by atoms with Gasteiger partial charge in [0.2, 0.25) is 0 Å². The molecule has 0 aliphatic heterocycles. The van der Waals surface area contributed by atoms with Gasteiger partial charge in [-0.2, -0.15) is 0 Å². The maximum atomic E-state index is 3.77. The Bertz CT molecular complexity index is 142. The first-order valence-corrected chi connectivity index (χ1v) is 5.87. The van der Waals surface area contributed by atoms with Crippen LogP contribution in [0.3, 0.4) is 0 Å². The molecule has 1 saturated carbocycles. The number of hydrogen-bond acceptors (Lipinski definition) is 1. The zero-order valence-electron chi connectivity index (χ0n) is 9.64. The second-order valence-corrected chi connectivity index (χ2v) is 5.07. The van der Waals surface area contributed by atoms with Crippen molar-refractivity contribution in [2.45, 2.75) is 65.5 Å². The third-order valence-corrected chi connectivity index (χ3v) is 3.59. The van der Waals surface area contributed by atoms with Crippen molar-refractivity contribution >= 4 is 0 Å². The van der Waals surface area contributed by atoms with Crippen molar-refractivity contribution in [1.29, 1.82) is 0 Å². The zero-order valence-corrected chi connectivity index (χ0v) is 9.64. The lowest BCUT2D eigenvalue weighted by Crippen LogP contribution is -2.44. The van der Waals surface area contributed by atoms with E-state index in [1.807, 2.05) is 0 Å². The molecule has 1 nitrogen and oxygen atoms in total. The predicted molar refractivity (Wildman–Crippen MR) is 58.9 cm³/mol. The molecule has 1 aliphatic rings. The van der Waals surface area contributed by atoms with Crippen molar-refractivity contribution in [2.75, 3.05) is 0 Å². The molecule has 0 aromatic heterocycles. The fraction of sp³-hybridized carbons (Fsp3) is 1.00. The van der Waals surface area contributed by atoms with Gasteiger partial charge in [0, 0.05) is 12.1 Å². The summed E-state index contributed by atoms with van der Waals surface area (Å²) in [5.74, 6) is 1.64. The summed E-state index contributed by atoms with van der Waals surface area (Å²) < 4.78 is 0. The largest absolute Gasteiger partial charge is 0.311 e. The molecular weight excluding hydrogens is 158 g/mol. The van der Waals surface area contributed by atoms with E-state index in [1.54, 1.807) is 0 Å². The molecule has 0 spiro atoms. The molecule has 0 aromatic rings. The minimum atomic E-state index is 0.672. The fourth-order valence-corrected chi connectivity index (χ4v) is 2.09. The molecule has 0 bridgehead atoms. The minimum absolute atomic E-state index is 0.672. The minimum Gasteiger partial charge on any atom is -0.311 e. The predicted octanol–water partition coefficient (Wildman–Crippen LogP) is 3.20. The van der Waals surface area contributed by atoms with Crippen LogP contribution in [0.15, 0.2) is 0 Å². The number of rotatable bonds is 3. The molecule has 0 amide bonds. The van der Waals surface area contributed by atoms with Crippen molar-refractivity contribution < 1.29 is 0 Å². The molecule has 1 rings (SSSR count). The highest BCUT2D eigenvalue weighted by atomic mass is 15.0. The summed E-state index contributed by atoms with van der Waals surface area (Å²) in [6.45, 7) is 9.30. The van der Waals surface area contributed by atoms with Crippen molar-refractivity contribution in [2.24, 2.45) is 11.8 Å². The summed E-state index contributed by atoms with van der Waals surface area (Å²) in [6.07, 6.45) is 5.67. The average Bonchev–Trinajstić information content (AvgIpc) is 2.08. The van der Waals surface area contributed by atoms with Crippen LogP contribution in [-0.4, -0.2) is 12.1 Å². The van der Waals surface area contributed by atoms with E-state index < -0.39 is 0 Å². The molecule has 0 saturated heterocycles. The van der Waals surface area contributed by atoms with Crippen LogP contribution in [0.25, 0.3) is 0 Å². The van der Waals surface area contributed by atoms with Gasteiger partial charge in [-0.05, 0) is 31.6 Å². The second-order valence-electron chi connectivity index (χ2n) is 5.07. The van der Waals surface area contributed by atoms with Gasteiger partial charge in [0.25, 0.3) is 0 Å². The fourth-order valence-electron chi connectivity index (χ4n) is 2.09. The molecule has 0 aromatic carbocycles. The van der Waals surface area contributed by atoms with Gasteiger partial charge in [-0.3, -0.25) is 0 Å². The Labute approximate surface area is 83.3 Å². The van der Waals surface area contributed by atoms with Gasteiger partial charge in [-0.1, -0.05) is 33.6 Å². The maximum absolute atomic E-state index is 3.77. The summed E-state index contributed by atoms with van der Waals surface area (Å²) in [6, 6.07) is 1.46. The normalized spacial score (nSPS) is 32.1. The van der Waals surface area contributed by atoms with Crippen LogP contribution in [-0.2, 0) is 0 Å². The lowest BCUT2D eigenvalue weighted by atomic mass is 9.85. The van der Waals surface area contributed by atoms with Crippen molar-refractivity contribution in [1.82, 2.24) is 5.32 Å². The van der Waals surface area contributed by atoms with E-state index in [-0.39, 0.29) is 0 Å². The summed E-state index contributed by atoms with van der Waals surface area (Å²) >= 11 is 0. The van der Waals surface area contributed by atoms with Crippen LogP contribution in [0.2, 0.25) is 0 Å². The Kier molecular flexibility index (Phi) is 4.24. The summed E-state index contributed by atoms with van der Waals surface area (Å²) in [4.78, 5) is 0. The first kappa shape index (κ1) is 11.0. The highest BCUT2D eigenvalue weighted by Crippen LogP contribution is 2.24. The molecule has 1 heteroatoms. The van der Waals surface area contributed by atoms with Gasteiger partial charge >= 0.3 is 0 Å². The maximum Gasteiger partial charge on any atom is 0.00952 e. The Morgan fingerprint density at radius 1 is 1.08 bits per heavy atom. The smallest absolute Gasteiger partial charge is 0.00952 e. The van der Waals surface area contributed by atoms with Crippen LogP contribution in [0.1, 0.15) is 53.4 Å². The van der Waals surface area contributed by atoms with E-state index in [0.29, 0.717) is 6.04 Å². The lowest BCUT2D eigenvalue weighted by molar-refractivity contribution is 0.244. The first-order chi connectivity index (χ1) is 6.11. The Hall–Kier alpha value is -0.0400. The summed E-state index contributed by atoms with van der Waals surface area (Å²) in [5, 5.41) is 3.77. The number of nitrogens with one attached hydrogen (secondary N) is 1. The SMILES string of the molecule is CC(C)[C@H](C)N[C@@H]1CCCC[C@H]1C. The summed E-state index contributed by atoms with van der Waals surface area (Å²) in [5.41, 5.74) is 0. The average molecular weight is 183 g/mol. The second kappa shape index (κ2) is 4.99. The van der Waals surface area contributed by atoms with Crippen LogP contribution in [0.5, 0.6) is 0 Å². The molecular formula is C12H25N. The molecule has 1 fully saturated rings. The van der Waals surface area contributed by atoms with Crippen molar-refractivity contribution in [3.63, 3.8) is 0 Å². The highest BCUT2D eigenvalue weighted by Gasteiger charge is 2.22. The van der Waals surface area contributed by atoms with E-state index in [4.69, 9.17) is 0 Å². The topological polar surface area (TPSA) is 12.0 Å². The molecule has 1 N–H and O–H groups in total. The zero-order chi connectivity index (χ0) is 9.84. The van der Waals surface area contributed by atoms with E-state index in [2.05, 4.69) is 33.0 Å². The molecule has 0 radical (unpaired) electrons. The van der Waals surface area contributed by atoms with Gasteiger partial charge < -0.3 is 5.32 Å². The van der Waals surface area contributed by atoms with E-state index in [1.165, 1.54) is 25.7 Å². The van der Waals surface area contributed by atoms with Crippen LogP contribution in [0.4, 0.5) is 0 Å². The number of hydrogen-bond donors (Lipinski definition) is 1. The van der Waals surface area contributed by atoms with Gasteiger partial charge in [0.05, 0.1) is 0 Å². The molecule has 3 atom stereocenters. The monoisotopic (exact) mass is 183 g/mol. The molecule has 0 unspecified atom stereocenters. The van der Waals surface area contributed by atoms with E-state index in [0.717, 1.165) is 17.9 Å². The standard InChI is InChI=1S/C12H25N/c1-9(2)11(4)13-12-8-6-5-7-10(12)3/h9-13H,5-8H2,1-4H3/t10-,11+,12-/m1/s1. The van der Waals surface area contributed by atoms with Gasteiger partial charge in [-0.15, -0.1) is 0 Å². The Balaban J connectivity index is 2.33. The van der Waals surface area contributed by atoms with Crippen molar-refractivity contribution in [3.8, 4) is 0 Å². The summed E-state index contributed by atoms with van der Waals surface area (Å²) in [7, 11) is 0. The van der Waals surface area contributed by atoms with E-state index in [9.17, 15) is 0 Å². The Morgan fingerprint density at radius 3 is 2.23 bits per heavy atom. The van der Waals surface area contributed by atoms with Gasteiger partial charge in [-0.25, -0.2) is 0 Å². The van der Waals surface area contributed by atoms with Crippen LogP contribution in [0, 0.1) is 11.8 Å². The third-order valence-electron chi connectivity index (χ3n) is 3.59. The van der Waals surface area contributed by atoms with Crippen LogP contribution < -0.4 is 5.32 Å². The van der Waals surface area contributed by atoms with Gasteiger partial charge in [0.15, 0.2) is 0 Å². The highest BCUT2D eigenvalue weighted by molar-refractivity contribution is 4.81. The Morgan fingerprint density at radius 2 is 1.69 bits per heavy atom. The quantitative estimate of drug-likeness (QED) is 0.708.